The molecule has 2 N–H and O–H groups in total. The predicted octanol–water partition coefficient (Wildman–Crippen LogP) is 1.65. The van der Waals surface area contributed by atoms with Crippen LogP contribution in [0.5, 0.6) is 0 Å². The van der Waals surface area contributed by atoms with Gasteiger partial charge in [0.05, 0.1) is 19.3 Å². The van der Waals surface area contributed by atoms with Crippen LogP contribution < -0.4 is 5.73 Å². The van der Waals surface area contributed by atoms with Crippen molar-refractivity contribution in [3.63, 3.8) is 0 Å². The molecule has 1 atom stereocenters. The average Bonchev–Trinajstić information content (AvgIpc) is 2.48. The highest BCUT2D eigenvalue weighted by Crippen LogP contribution is 2.30. The monoisotopic (exact) mass is 300 g/mol. The second-order valence-corrected chi connectivity index (χ2v) is 6.21. The molecule has 1 unspecified atom stereocenters. The minimum Gasteiger partial charge on any atom is -0.383 e. The molecule has 1 rings (SSSR count). The third-order valence-electron chi connectivity index (χ3n) is 4.56. The number of hydrogen-bond acceptors (Lipinski definition) is 4. The Hall–Kier alpha value is -0.650. The van der Waals surface area contributed by atoms with E-state index in [4.69, 9.17) is 15.2 Å². The summed E-state index contributed by atoms with van der Waals surface area (Å²) in [5, 5.41) is 0. The molecule has 0 aromatic carbocycles. The van der Waals surface area contributed by atoms with Crippen LogP contribution >= 0.6 is 0 Å². The summed E-state index contributed by atoms with van der Waals surface area (Å²) in [7, 11) is 3.33. The minimum absolute atomic E-state index is 0.0954. The highest BCUT2D eigenvalue weighted by atomic mass is 16.5. The zero-order chi connectivity index (χ0) is 15.7. The molecule has 0 aliphatic heterocycles. The van der Waals surface area contributed by atoms with Gasteiger partial charge in [-0.2, -0.15) is 0 Å². The molecule has 0 spiro atoms. The van der Waals surface area contributed by atoms with Crippen molar-refractivity contribution in [1.29, 1.82) is 0 Å². The van der Waals surface area contributed by atoms with E-state index in [0.717, 1.165) is 19.4 Å². The van der Waals surface area contributed by atoms with E-state index >= 15 is 0 Å². The quantitative estimate of drug-likeness (QED) is 0.703. The molecule has 1 aliphatic rings. The minimum atomic E-state index is 0.0954. The third-order valence-corrected chi connectivity index (χ3v) is 4.56. The van der Waals surface area contributed by atoms with Gasteiger partial charge in [-0.05, 0) is 51.0 Å². The third kappa shape index (κ3) is 6.32. The average molecular weight is 300 g/mol. The van der Waals surface area contributed by atoms with Gasteiger partial charge in [-0.1, -0.05) is 0 Å². The van der Waals surface area contributed by atoms with E-state index in [-0.39, 0.29) is 11.9 Å². The maximum absolute atomic E-state index is 12.6. The van der Waals surface area contributed by atoms with Crippen molar-refractivity contribution in [1.82, 2.24) is 4.90 Å². The van der Waals surface area contributed by atoms with Gasteiger partial charge in [0.1, 0.15) is 0 Å². The fourth-order valence-corrected chi connectivity index (χ4v) is 3.15. The SMILES string of the molecule is COCCN(C(=O)CC1CCC(CN)CC1)C(C)COC. The van der Waals surface area contributed by atoms with Crippen LogP contribution in [0.1, 0.15) is 39.0 Å². The van der Waals surface area contributed by atoms with Crippen LogP contribution in [0.3, 0.4) is 0 Å². The summed E-state index contributed by atoms with van der Waals surface area (Å²) in [4.78, 5) is 14.5. The Balaban J connectivity index is 2.47. The van der Waals surface area contributed by atoms with Gasteiger partial charge >= 0.3 is 0 Å². The number of ether oxygens (including phenoxy) is 2. The van der Waals surface area contributed by atoms with Crippen LogP contribution in [-0.2, 0) is 14.3 Å². The molecular weight excluding hydrogens is 268 g/mol. The number of carbonyl (C=O) groups excluding carboxylic acids is 1. The highest BCUT2D eigenvalue weighted by molar-refractivity contribution is 5.76. The Kier molecular flexibility index (Phi) is 8.88. The van der Waals surface area contributed by atoms with Crippen molar-refractivity contribution in [3.05, 3.63) is 0 Å². The summed E-state index contributed by atoms with van der Waals surface area (Å²) in [6, 6.07) is 0.0954. The molecule has 0 aromatic rings. The van der Waals surface area contributed by atoms with Crippen LogP contribution in [-0.4, -0.2) is 57.4 Å². The molecule has 0 radical (unpaired) electrons. The van der Waals surface area contributed by atoms with Crippen LogP contribution in [0, 0.1) is 11.8 Å². The topological polar surface area (TPSA) is 64.8 Å². The van der Waals surface area contributed by atoms with E-state index < -0.39 is 0 Å². The van der Waals surface area contributed by atoms with Crippen molar-refractivity contribution in [2.45, 2.75) is 45.1 Å². The Morgan fingerprint density at radius 2 is 1.81 bits per heavy atom. The van der Waals surface area contributed by atoms with Gasteiger partial charge in [0.15, 0.2) is 0 Å². The summed E-state index contributed by atoms with van der Waals surface area (Å²) >= 11 is 0. The first-order valence-electron chi connectivity index (χ1n) is 8.09. The molecule has 5 heteroatoms. The Morgan fingerprint density at radius 1 is 1.19 bits per heavy atom. The number of methoxy groups -OCH3 is 2. The van der Waals surface area contributed by atoms with E-state index in [1.807, 2.05) is 11.8 Å². The number of hydrogen-bond donors (Lipinski definition) is 1. The summed E-state index contributed by atoms with van der Waals surface area (Å²) in [6.07, 6.45) is 5.24. The lowest BCUT2D eigenvalue weighted by Crippen LogP contribution is -2.43. The number of nitrogens with two attached hydrogens (primary N) is 1. The number of nitrogens with zero attached hydrogens (tertiary/aromatic N) is 1. The lowest BCUT2D eigenvalue weighted by Gasteiger charge is -2.32. The van der Waals surface area contributed by atoms with Gasteiger partial charge in [0.25, 0.3) is 0 Å². The molecule has 0 heterocycles. The number of rotatable bonds is 9. The first-order chi connectivity index (χ1) is 10.1. The first-order valence-corrected chi connectivity index (χ1v) is 8.09. The van der Waals surface area contributed by atoms with Gasteiger partial charge in [-0.3, -0.25) is 4.79 Å². The molecule has 1 saturated carbocycles. The van der Waals surface area contributed by atoms with Crippen molar-refractivity contribution >= 4 is 5.91 Å². The van der Waals surface area contributed by atoms with Crippen LogP contribution in [0.2, 0.25) is 0 Å². The summed E-state index contributed by atoms with van der Waals surface area (Å²) < 4.78 is 10.3. The van der Waals surface area contributed by atoms with Crippen LogP contribution in [0.4, 0.5) is 0 Å². The molecule has 1 amide bonds. The fraction of sp³-hybridized carbons (Fsp3) is 0.938. The normalized spacial score (nSPS) is 23.8. The fourth-order valence-electron chi connectivity index (χ4n) is 3.15. The standard InChI is InChI=1S/C16H32N2O3/c1-13(12-21-3)18(8-9-20-2)16(19)10-14-4-6-15(11-17)7-5-14/h13-15H,4-12,17H2,1-3H3. The van der Waals surface area contributed by atoms with Crippen molar-refractivity contribution in [2.24, 2.45) is 17.6 Å². The van der Waals surface area contributed by atoms with Gasteiger partial charge < -0.3 is 20.1 Å². The van der Waals surface area contributed by atoms with Crippen molar-refractivity contribution < 1.29 is 14.3 Å². The Labute approximate surface area is 129 Å². The summed E-state index contributed by atoms with van der Waals surface area (Å²) in [5.41, 5.74) is 5.72. The van der Waals surface area contributed by atoms with Crippen molar-refractivity contribution in [3.8, 4) is 0 Å². The molecule has 1 aliphatic carbocycles. The molecule has 5 nitrogen and oxygen atoms in total. The Morgan fingerprint density at radius 3 is 2.33 bits per heavy atom. The lowest BCUT2D eigenvalue weighted by molar-refractivity contribution is -0.136. The van der Waals surface area contributed by atoms with E-state index in [9.17, 15) is 4.79 Å². The van der Waals surface area contributed by atoms with Crippen LogP contribution in [0.25, 0.3) is 0 Å². The van der Waals surface area contributed by atoms with Gasteiger partial charge in [0.2, 0.25) is 5.91 Å². The zero-order valence-corrected chi connectivity index (χ0v) is 13.8. The summed E-state index contributed by atoms with van der Waals surface area (Å²) in [6.45, 7) is 4.58. The van der Waals surface area contributed by atoms with E-state index in [1.54, 1.807) is 14.2 Å². The summed E-state index contributed by atoms with van der Waals surface area (Å²) in [5.74, 6) is 1.40. The largest absolute Gasteiger partial charge is 0.383 e. The Bertz CT molecular complexity index is 291. The molecule has 0 aromatic heterocycles. The lowest BCUT2D eigenvalue weighted by atomic mass is 9.80. The number of amides is 1. The maximum Gasteiger partial charge on any atom is 0.223 e. The molecule has 1 fully saturated rings. The maximum atomic E-state index is 12.6. The zero-order valence-electron chi connectivity index (χ0n) is 13.8. The van der Waals surface area contributed by atoms with Gasteiger partial charge in [-0.25, -0.2) is 0 Å². The van der Waals surface area contributed by atoms with E-state index in [1.165, 1.54) is 12.8 Å². The second kappa shape index (κ2) is 10.1. The van der Waals surface area contributed by atoms with Crippen LogP contribution in [0.15, 0.2) is 0 Å². The molecule has 0 saturated heterocycles. The van der Waals surface area contributed by atoms with Gasteiger partial charge in [0, 0.05) is 27.2 Å². The van der Waals surface area contributed by atoms with Gasteiger partial charge in [-0.15, -0.1) is 0 Å². The molecule has 0 bridgehead atoms. The molecular formula is C16H32N2O3. The number of carbonyl (C=O) groups is 1. The van der Waals surface area contributed by atoms with Crippen molar-refractivity contribution in [2.75, 3.05) is 40.5 Å². The molecule has 21 heavy (non-hydrogen) atoms. The van der Waals surface area contributed by atoms with E-state index in [0.29, 0.717) is 38.0 Å². The second-order valence-electron chi connectivity index (χ2n) is 6.21. The highest BCUT2D eigenvalue weighted by Gasteiger charge is 2.26. The smallest absolute Gasteiger partial charge is 0.223 e. The first kappa shape index (κ1) is 18.4. The predicted molar refractivity (Wildman–Crippen MR) is 84.0 cm³/mol. The molecule has 124 valence electrons. The van der Waals surface area contributed by atoms with E-state index in [2.05, 4.69) is 0 Å².